The van der Waals surface area contributed by atoms with Crippen LogP contribution in [0.25, 0.3) is 0 Å². The van der Waals surface area contributed by atoms with E-state index in [-0.39, 0.29) is 12.0 Å². The Morgan fingerprint density at radius 3 is 2.52 bits per heavy atom. The van der Waals surface area contributed by atoms with Gasteiger partial charge in [-0.25, -0.2) is 4.79 Å². The van der Waals surface area contributed by atoms with Gasteiger partial charge in [0.05, 0.1) is 17.8 Å². The van der Waals surface area contributed by atoms with Gasteiger partial charge in [-0.3, -0.25) is 4.79 Å². The summed E-state index contributed by atoms with van der Waals surface area (Å²) in [5.41, 5.74) is 0.0122. The number of anilines is 1. The monoisotopic (exact) mass is 370 g/mol. The third-order valence-corrected chi connectivity index (χ3v) is 3.63. The van der Waals surface area contributed by atoms with Crippen LogP contribution in [0, 0.1) is 0 Å². The summed E-state index contributed by atoms with van der Waals surface area (Å²) in [7, 11) is 3.24. The van der Waals surface area contributed by atoms with E-state index in [0.717, 1.165) is 0 Å². The van der Waals surface area contributed by atoms with Crippen molar-refractivity contribution in [2.45, 2.75) is 45.6 Å². The van der Waals surface area contributed by atoms with E-state index in [1.54, 1.807) is 32.4 Å². The van der Waals surface area contributed by atoms with E-state index in [1.807, 2.05) is 20.8 Å². The Morgan fingerprint density at radius 2 is 1.92 bits per heavy atom. The molecule has 7 heteroatoms. The fraction of sp³-hybridized carbons (Fsp3) is 0.556. The Morgan fingerprint density at radius 1 is 1.24 bits per heavy atom. The molecule has 1 N–H and O–H groups in total. The number of hydrogen-bond donors (Lipinski definition) is 1. The number of carbonyl (C=O) groups excluding carboxylic acids is 2. The van der Waals surface area contributed by atoms with Crippen molar-refractivity contribution in [1.82, 2.24) is 4.90 Å². The van der Waals surface area contributed by atoms with Crippen LogP contribution in [-0.4, -0.2) is 43.2 Å². The van der Waals surface area contributed by atoms with Gasteiger partial charge in [0, 0.05) is 26.1 Å². The fourth-order valence-electron chi connectivity index (χ4n) is 2.01. The summed E-state index contributed by atoms with van der Waals surface area (Å²) in [5, 5.41) is 3.23. The topological polar surface area (TPSA) is 67.9 Å². The molecule has 0 heterocycles. The van der Waals surface area contributed by atoms with Crippen molar-refractivity contribution >= 4 is 29.3 Å². The molecule has 0 atom stereocenters. The molecule has 0 spiro atoms. The number of halogens is 1. The lowest BCUT2D eigenvalue weighted by Gasteiger charge is -2.24. The van der Waals surface area contributed by atoms with E-state index in [1.165, 1.54) is 4.90 Å². The Balaban J connectivity index is 2.34. The van der Waals surface area contributed by atoms with Crippen LogP contribution in [-0.2, 0) is 9.53 Å². The van der Waals surface area contributed by atoms with Crippen molar-refractivity contribution in [1.29, 1.82) is 0 Å². The molecule has 0 unspecified atom stereocenters. The SMILES string of the molecule is COc1ccc(Cl)c(NC(=O)CCCCN(C)C(=O)OC(C)(C)C)c1. The highest BCUT2D eigenvalue weighted by Crippen LogP contribution is 2.26. The number of ether oxygens (including phenoxy) is 2. The summed E-state index contributed by atoms with van der Waals surface area (Å²) in [6, 6.07) is 5.08. The summed E-state index contributed by atoms with van der Waals surface area (Å²) >= 11 is 6.06. The summed E-state index contributed by atoms with van der Waals surface area (Å²) in [6.45, 7) is 6.01. The van der Waals surface area contributed by atoms with Crippen LogP contribution in [0.3, 0.4) is 0 Å². The second-order valence-corrected chi connectivity index (χ2v) is 7.16. The fourth-order valence-corrected chi connectivity index (χ4v) is 2.17. The second-order valence-electron chi connectivity index (χ2n) is 6.75. The minimum absolute atomic E-state index is 0.130. The quantitative estimate of drug-likeness (QED) is 0.725. The molecule has 0 aromatic heterocycles. The molecule has 0 radical (unpaired) electrons. The molecule has 1 rings (SSSR count). The number of carbonyl (C=O) groups is 2. The molecular formula is C18H27ClN2O4. The highest BCUT2D eigenvalue weighted by molar-refractivity contribution is 6.33. The summed E-state index contributed by atoms with van der Waals surface area (Å²) in [4.78, 5) is 25.4. The van der Waals surface area contributed by atoms with Gasteiger partial charge in [0.25, 0.3) is 0 Å². The van der Waals surface area contributed by atoms with Crippen LogP contribution in [0.2, 0.25) is 5.02 Å². The zero-order valence-electron chi connectivity index (χ0n) is 15.5. The van der Waals surface area contributed by atoms with Gasteiger partial charge in [-0.15, -0.1) is 0 Å². The summed E-state index contributed by atoms with van der Waals surface area (Å²) in [6.07, 6.45) is 1.34. The van der Waals surface area contributed by atoms with E-state index < -0.39 is 5.60 Å². The van der Waals surface area contributed by atoms with Crippen LogP contribution in [0.5, 0.6) is 5.75 Å². The molecule has 25 heavy (non-hydrogen) atoms. The number of rotatable bonds is 7. The number of benzene rings is 1. The Labute approximate surface area is 154 Å². The molecule has 1 aromatic carbocycles. The highest BCUT2D eigenvalue weighted by atomic mass is 35.5. The van der Waals surface area contributed by atoms with Crippen LogP contribution < -0.4 is 10.1 Å². The lowest BCUT2D eigenvalue weighted by Crippen LogP contribution is -2.34. The summed E-state index contributed by atoms with van der Waals surface area (Å²) < 4.78 is 10.4. The molecule has 0 bridgehead atoms. The van der Waals surface area contributed by atoms with Crippen LogP contribution in [0.15, 0.2) is 18.2 Å². The number of nitrogens with zero attached hydrogens (tertiary/aromatic N) is 1. The van der Waals surface area contributed by atoms with E-state index in [9.17, 15) is 9.59 Å². The maximum Gasteiger partial charge on any atom is 0.410 e. The Kier molecular flexibility index (Phi) is 8.03. The molecule has 0 saturated carbocycles. The Bertz CT molecular complexity index is 599. The van der Waals surface area contributed by atoms with E-state index >= 15 is 0 Å². The van der Waals surface area contributed by atoms with Gasteiger partial charge in [-0.05, 0) is 45.7 Å². The third-order valence-electron chi connectivity index (χ3n) is 3.30. The largest absolute Gasteiger partial charge is 0.497 e. The predicted octanol–water partition coefficient (Wildman–Crippen LogP) is 4.32. The lowest BCUT2D eigenvalue weighted by molar-refractivity contribution is -0.116. The van der Waals surface area contributed by atoms with Crippen molar-refractivity contribution in [2.75, 3.05) is 26.0 Å². The van der Waals surface area contributed by atoms with Gasteiger partial charge in [0.1, 0.15) is 11.4 Å². The normalized spacial score (nSPS) is 11.0. The predicted molar refractivity (Wildman–Crippen MR) is 99.3 cm³/mol. The van der Waals surface area contributed by atoms with Gasteiger partial charge < -0.3 is 19.7 Å². The van der Waals surface area contributed by atoms with E-state index in [2.05, 4.69) is 5.32 Å². The molecule has 0 fully saturated rings. The van der Waals surface area contributed by atoms with Crippen LogP contribution in [0.4, 0.5) is 10.5 Å². The first-order chi connectivity index (χ1) is 11.6. The molecule has 0 aliphatic rings. The molecule has 0 saturated heterocycles. The maximum absolute atomic E-state index is 12.0. The van der Waals surface area contributed by atoms with Crippen molar-refractivity contribution in [3.63, 3.8) is 0 Å². The average Bonchev–Trinajstić information content (AvgIpc) is 2.51. The Hall–Kier alpha value is -1.95. The molecular weight excluding hydrogens is 344 g/mol. The zero-order valence-corrected chi connectivity index (χ0v) is 16.3. The van der Waals surface area contributed by atoms with Gasteiger partial charge in [0.15, 0.2) is 0 Å². The van der Waals surface area contributed by atoms with Crippen molar-refractivity contribution in [2.24, 2.45) is 0 Å². The zero-order chi connectivity index (χ0) is 19.0. The van der Waals surface area contributed by atoms with Gasteiger partial charge in [0.2, 0.25) is 5.91 Å². The van der Waals surface area contributed by atoms with Gasteiger partial charge >= 0.3 is 6.09 Å². The smallest absolute Gasteiger partial charge is 0.410 e. The first-order valence-electron chi connectivity index (χ1n) is 8.20. The maximum atomic E-state index is 12.0. The number of methoxy groups -OCH3 is 1. The third kappa shape index (κ3) is 8.12. The number of nitrogens with one attached hydrogen (secondary N) is 1. The van der Waals surface area contributed by atoms with Crippen molar-refractivity contribution in [3.8, 4) is 5.75 Å². The second kappa shape index (κ2) is 9.51. The van der Waals surface area contributed by atoms with Crippen molar-refractivity contribution < 1.29 is 19.1 Å². The lowest BCUT2D eigenvalue weighted by atomic mass is 10.2. The van der Waals surface area contributed by atoms with Crippen molar-refractivity contribution in [3.05, 3.63) is 23.2 Å². The molecule has 2 amide bonds. The summed E-state index contributed by atoms with van der Waals surface area (Å²) in [5.74, 6) is 0.494. The molecule has 0 aliphatic heterocycles. The van der Waals surface area contributed by atoms with Crippen LogP contribution in [0.1, 0.15) is 40.0 Å². The first-order valence-corrected chi connectivity index (χ1v) is 8.57. The van der Waals surface area contributed by atoms with E-state index in [0.29, 0.717) is 42.3 Å². The standard InChI is InChI=1S/C18H27ClN2O4/c1-18(2,3)25-17(23)21(4)11-7-6-8-16(22)20-15-12-13(24-5)9-10-14(15)19/h9-10,12H,6-8,11H2,1-5H3,(H,20,22). The van der Waals surface area contributed by atoms with E-state index in [4.69, 9.17) is 21.1 Å². The van der Waals surface area contributed by atoms with Gasteiger partial charge in [-0.2, -0.15) is 0 Å². The molecule has 6 nitrogen and oxygen atoms in total. The number of hydrogen-bond acceptors (Lipinski definition) is 4. The number of unbranched alkanes of at least 4 members (excludes halogenated alkanes) is 1. The highest BCUT2D eigenvalue weighted by Gasteiger charge is 2.19. The minimum atomic E-state index is -0.513. The minimum Gasteiger partial charge on any atom is -0.497 e. The van der Waals surface area contributed by atoms with Crippen LogP contribution >= 0.6 is 11.6 Å². The number of amides is 2. The molecule has 1 aromatic rings. The first kappa shape index (κ1) is 21.1. The molecule has 140 valence electrons. The molecule has 0 aliphatic carbocycles. The van der Waals surface area contributed by atoms with Gasteiger partial charge in [-0.1, -0.05) is 11.6 Å². The average molecular weight is 371 g/mol.